The van der Waals surface area contributed by atoms with Gasteiger partial charge in [0.2, 0.25) is 11.8 Å². The number of nitrogens with two attached hydrogens (primary N) is 2. The van der Waals surface area contributed by atoms with E-state index in [2.05, 4.69) is 5.32 Å². The van der Waals surface area contributed by atoms with Crippen LogP contribution in [0.15, 0.2) is 12.2 Å². The second-order valence-electron chi connectivity index (χ2n) is 4.41. The maximum Gasteiger partial charge on any atom is 0.318 e. The number of hydrogen-bond donors (Lipinski definition) is 4. The normalized spacial score (nSPS) is 20.4. The van der Waals surface area contributed by atoms with Crippen molar-refractivity contribution in [1.82, 2.24) is 10.2 Å². The van der Waals surface area contributed by atoms with Crippen LogP contribution in [0, 0.1) is 5.92 Å². The van der Waals surface area contributed by atoms with E-state index >= 15 is 0 Å². The smallest absolute Gasteiger partial charge is 0.318 e. The Morgan fingerprint density at radius 1 is 1.15 bits per heavy atom. The molecule has 2 unspecified atom stereocenters. The second-order valence-corrected chi connectivity index (χ2v) is 4.41. The van der Waals surface area contributed by atoms with Crippen molar-refractivity contribution in [2.75, 3.05) is 13.1 Å². The number of carboxylic acid groups (broad SMARTS) is 1. The summed E-state index contributed by atoms with van der Waals surface area (Å²) in [5, 5.41) is 11.3. The highest BCUT2D eigenvalue weighted by Crippen LogP contribution is 2.18. The van der Waals surface area contributed by atoms with E-state index in [4.69, 9.17) is 16.6 Å². The van der Waals surface area contributed by atoms with Crippen molar-refractivity contribution < 1.29 is 24.3 Å². The van der Waals surface area contributed by atoms with Crippen LogP contribution in [0.25, 0.3) is 0 Å². The lowest BCUT2D eigenvalue weighted by Crippen LogP contribution is -2.50. The lowest BCUT2D eigenvalue weighted by molar-refractivity contribution is -0.140. The van der Waals surface area contributed by atoms with Gasteiger partial charge in [-0.15, -0.1) is 0 Å². The van der Waals surface area contributed by atoms with Crippen LogP contribution in [0.2, 0.25) is 0 Å². The molecule has 0 spiro atoms. The summed E-state index contributed by atoms with van der Waals surface area (Å²) in [7, 11) is 0. The van der Waals surface area contributed by atoms with Gasteiger partial charge in [-0.05, 0) is 6.42 Å². The molecule has 9 heteroatoms. The standard InChI is InChI=1S/C11H16N4O5/c12-8(16)4-15(5-9(13)17)11(20)14-7-2-1-6(3-7)10(18)19/h1-2,6-7H,3-5H2,(H2,12,16)(H2,13,17)(H,14,20)(H,18,19). The van der Waals surface area contributed by atoms with Crippen LogP contribution in [0.1, 0.15) is 6.42 Å². The van der Waals surface area contributed by atoms with Crippen LogP contribution in [0.3, 0.4) is 0 Å². The number of nitrogens with one attached hydrogen (secondary N) is 1. The average Bonchev–Trinajstić information content (AvgIpc) is 2.75. The maximum absolute atomic E-state index is 11.9. The number of primary amides is 2. The molecule has 4 amide bonds. The van der Waals surface area contributed by atoms with Crippen LogP contribution in [0.5, 0.6) is 0 Å². The van der Waals surface area contributed by atoms with Crippen LogP contribution < -0.4 is 16.8 Å². The van der Waals surface area contributed by atoms with E-state index in [0.717, 1.165) is 4.90 Å². The van der Waals surface area contributed by atoms with Gasteiger partial charge in [0.1, 0.15) is 13.1 Å². The van der Waals surface area contributed by atoms with Gasteiger partial charge in [-0.1, -0.05) is 12.2 Å². The number of urea groups is 1. The first-order valence-electron chi connectivity index (χ1n) is 5.82. The Bertz CT molecular complexity index is 446. The monoisotopic (exact) mass is 284 g/mol. The third kappa shape index (κ3) is 4.59. The number of rotatable bonds is 6. The van der Waals surface area contributed by atoms with Crippen molar-refractivity contribution in [2.45, 2.75) is 12.5 Å². The number of nitrogens with zero attached hydrogens (tertiary/aromatic N) is 1. The quantitative estimate of drug-likeness (QED) is 0.415. The Morgan fingerprint density at radius 3 is 2.10 bits per heavy atom. The fourth-order valence-corrected chi connectivity index (χ4v) is 1.81. The second kappa shape index (κ2) is 6.55. The van der Waals surface area contributed by atoms with Gasteiger partial charge in [-0.3, -0.25) is 14.4 Å². The summed E-state index contributed by atoms with van der Waals surface area (Å²) in [6.45, 7) is -0.902. The molecular weight excluding hydrogens is 268 g/mol. The minimum absolute atomic E-state index is 0.210. The largest absolute Gasteiger partial charge is 0.481 e. The molecule has 1 rings (SSSR count). The fraction of sp³-hybridized carbons (Fsp3) is 0.455. The molecule has 0 bridgehead atoms. The molecule has 6 N–H and O–H groups in total. The zero-order valence-corrected chi connectivity index (χ0v) is 10.6. The molecule has 2 atom stereocenters. The Kier molecular flexibility index (Phi) is 5.07. The molecule has 1 aliphatic carbocycles. The van der Waals surface area contributed by atoms with Gasteiger partial charge in [0.05, 0.1) is 12.0 Å². The van der Waals surface area contributed by atoms with Crippen LogP contribution in [0.4, 0.5) is 4.79 Å². The van der Waals surface area contributed by atoms with Gasteiger partial charge in [0.15, 0.2) is 0 Å². The predicted molar refractivity (Wildman–Crippen MR) is 67.2 cm³/mol. The molecule has 0 saturated heterocycles. The summed E-state index contributed by atoms with van der Waals surface area (Å²) < 4.78 is 0. The van der Waals surface area contributed by atoms with Crippen LogP contribution >= 0.6 is 0 Å². The van der Waals surface area contributed by atoms with E-state index in [1.54, 1.807) is 6.08 Å². The van der Waals surface area contributed by atoms with Crippen molar-refractivity contribution in [3.8, 4) is 0 Å². The Hall–Kier alpha value is -2.58. The van der Waals surface area contributed by atoms with E-state index in [-0.39, 0.29) is 6.42 Å². The molecule has 0 aliphatic heterocycles. The van der Waals surface area contributed by atoms with Gasteiger partial charge < -0.3 is 26.8 Å². The summed E-state index contributed by atoms with van der Waals surface area (Å²) in [4.78, 5) is 45.2. The van der Waals surface area contributed by atoms with E-state index in [1.165, 1.54) is 6.08 Å². The molecule has 0 radical (unpaired) electrons. The first-order chi connectivity index (χ1) is 9.29. The van der Waals surface area contributed by atoms with Gasteiger partial charge in [0.25, 0.3) is 0 Å². The molecule has 0 fully saturated rings. The SMILES string of the molecule is NC(=O)CN(CC(N)=O)C(=O)NC1C=CC(C(=O)O)C1. The Morgan fingerprint density at radius 2 is 1.70 bits per heavy atom. The van der Waals surface area contributed by atoms with Crippen molar-refractivity contribution >= 4 is 23.8 Å². The highest BCUT2D eigenvalue weighted by atomic mass is 16.4. The highest BCUT2D eigenvalue weighted by Gasteiger charge is 2.27. The lowest BCUT2D eigenvalue weighted by atomic mass is 10.1. The van der Waals surface area contributed by atoms with Crippen molar-refractivity contribution in [1.29, 1.82) is 0 Å². The minimum Gasteiger partial charge on any atom is -0.481 e. The fourth-order valence-electron chi connectivity index (χ4n) is 1.81. The molecule has 0 aromatic rings. The zero-order chi connectivity index (χ0) is 15.3. The number of amides is 4. The van der Waals surface area contributed by atoms with E-state index in [0.29, 0.717) is 0 Å². The molecule has 0 aromatic heterocycles. The van der Waals surface area contributed by atoms with Gasteiger partial charge in [0, 0.05) is 0 Å². The van der Waals surface area contributed by atoms with Gasteiger partial charge >= 0.3 is 12.0 Å². The number of carbonyl (C=O) groups is 4. The number of carbonyl (C=O) groups excluding carboxylic acids is 3. The molecule has 110 valence electrons. The van der Waals surface area contributed by atoms with Gasteiger partial charge in [-0.25, -0.2) is 4.79 Å². The summed E-state index contributed by atoms with van der Waals surface area (Å²) in [5.41, 5.74) is 9.94. The zero-order valence-electron chi connectivity index (χ0n) is 10.6. The first-order valence-corrected chi connectivity index (χ1v) is 5.82. The average molecular weight is 284 g/mol. The minimum atomic E-state index is -0.982. The number of carboxylic acids is 1. The Balaban J connectivity index is 2.58. The van der Waals surface area contributed by atoms with E-state index < -0.39 is 48.9 Å². The number of hydrogen-bond acceptors (Lipinski definition) is 4. The summed E-state index contributed by atoms with van der Waals surface area (Å²) in [6.07, 6.45) is 3.23. The molecule has 9 nitrogen and oxygen atoms in total. The summed E-state index contributed by atoms with van der Waals surface area (Å²) >= 11 is 0. The molecular formula is C11H16N4O5. The molecule has 1 aliphatic rings. The third-order valence-corrected chi connectivity index (χ3v) is 2.69. The Labute approximate surface area is 114 Å². The number of aliphatic carboxylic acids is 1. The molecule has 0 aromatic carbocycles. The maximum atomic E-state index is 11.9. The van der Waals surface area contributed by atoms with Crippen LogP contribution in [-0.4, -0.2) is 53.0 Å². The summed E-state index contributed by atoms with van der Waals surface area (Å²) in [6, 6.07) is -1.19. The lowest BCUT2D eigenvalue weighted by Gasteiger charge is -2.22. The van der Waals surface area contributed by atoms with E-state index in [1.807, 2.05) is 0 Å². The molecule has 20 heavy (non-hydrogen) atoms. The third-order valence-electron chi connectivity index (χ3n) is 2.69. The summed E-state index contributed by atoms with van der Waals surface area (Å²) in [5.74, 6) is -3.22. The van der Waals surface area contributed by atoms with Crippen molar-refractivity contribution in [2.24, 2.45) is 17.4 Å². The predicted octanol–water partition coefficient (Wildman–Crippen LogP) is -2.00. The molecule has 0 saturated carbocycles. The molecule has 0 heterocycles. The first kappa shape index (κ1) is 15.5. The highest BCUT2D eigenvalue weighted by molar-refractivity contribution is 5.87. The van der Waals surface area contributed by atoms with Gasteiger partial charge in [-0.2, -0.15) is 0 Å². The van der Waals surface area contributed by atoms with Crippen molar-refractivity contribution in [3.05, 3.63) is 12.2 Å². The van der Waals surface area contributed by atoms with Crippen molar-refractivity contribution in [3.63, 3.8) is 0 Å². The van der Waals surface area contributed by atoms with Crippen LogP contribution in [-0.2, 0) is 14.4 Å². The topological polar surface area (TPSA) is 156 Å². The van der Waals surface area contributed by atoms with E-state index in [9.17, 15) is 19.2 Å².